The van der Waals surface area contributed by atoms with Crippen molar-refractivity contribution in [2.75, 3.05) is 12.4 Å². The molecule has 5 nitrogen and oxygen atoms in total. The van der Waals surface area contributed by atoms with E-state index in [-0.39, 0.29) is 17.6 Å². The fourth-order valence-corrected chi connectivity index (χ4v) is 2.46. The summed E-state index contributed by atoms with van der Waals surface area (Å²) in [5.74, 6) is -0.638. The zero-order valence-electron chi connectivity index (χ0n) is 15.2. The highest BCUT2D eigenvalue weighted by Crippen LogP contribution is 2.11. The van der Waals surface area contributed by atoms with Gasteiger partial charge in [0, 0.05) is 36.5 Å². The van der Waals surface area contributed by atoms with Gasteiger partial charge in [0.1, 0.15) is 0 Å². The first kappa shape index (κ1) is 19.1. The van der Waals surface area contributed by atoms with Gasteiger partial charge in [0.2, 0.25) is 11.8 Å². The number of amides is 2. The fraction of sp³-hybridized carbons (Fsp3) is 0.190. The maximum absolute atomic E-state index is 12.4. The number of nitrogens with zero attached hydrogens (tertiary/aromatic N) is 1. The van der Waals surface area contributed by atoms with Crippen LogP contribution in [0.2, 0.25) is 0 Å². The third kappa shape index (κ3) is 5.41. The molecule has 5 heteroatoms. The van der Waals surface area contributed by atoms with Gasteiger partial charge >= 0.3 is 0 Å². The molecular weight excluding hydrogens is 328 g/mol. The van der Waals surface area contributed by atoms with E-state index in [1.54, 1.807) is 43.1 Å². The molecule has 26 heavy (non-hydrogen) atoms. The number of ketones is 1. The van der Waals surface area contributed by atoms with Crippen LogP contribution in [0.15, 0.2) is 66.2 Å². The number of nitrogens with one attached hydrogen (secondary N) is 1. The number of benzene rings is 2. The molecule has 2 aromatic carbocycles. The van der Waals surface area contributed by atoms with Gasteiger partial charge in [-0.3, -0.25) is 14.4 Å². The molecule has 0 heterocycles. The molecule has 0 aromatic heterocycles. The SMILES string of the molecule is CC(=O)c1ccc(NC(=O)/C=C(/C)C(=O)N(C)Cc2ccccc2)cc1. The van der Waals surface area contributed by atoms with E-state index in [1.807, 2.05) is 30.3 Å². The van der Waals surface area contributed by atoms with E-state index < -0.39 is 0 Å². The maximum Gasteiger partial charge on any atom is 0.249 e. The molecule has 134 valence electrons. The van der Waals surface area contributed by atoms with E-state index in [9.17, 15) is 14.4 Å². The van der Waals surface area contributed by atoms with E-state index >= 15 is 0 Å². The highest BCUT2D eigenvalue weighted by Gasteiger charge is 2.13. The number of carbonyl (C=O) groups is 3. The Morgan fingerprint density at radius 1 is 0.962 bits per heavy atom. The molecule has 0 aliphatic rings. The third-order valence-electron chi connectivity index (χ3n) is 3.85. The number of hydrogen-bond donors (Lipinski definition) is 1. The van der Waals surface area contributed by atoms with Crippen LogP contribution in [-0.4, -0.2) is 29.5 Å². The summed E-state index contributed by atoms with van der Waals surface area (Å²) in [6, 6.07) is 16.2. The standard InChI is InChI=1S/C21H22N2O3/c1-15(21(26)23(3)14-17-7-5-4-6-8-17)13-20(25)22-19-11-9-18(10-12-19)16(2)24/h4-13H,14H2,1-3H3,(H,22,25)/b15-13-. The van der Waals surface area contributed by atoms with E-state index in [4.69, 9.17) is 0 Å². The highest BCUT2D eigenvalue weighted by atomic mass is 16.2. The van der Waals surface area contributed by atoms with Crippen molar-refractivity contribution in [1.82, 2.24) is 4.90 Å². The number of hydrogen-bond acceptors (Lipinski definition) is 3. The summed E-state index contributed by atoms with van der Waals surface area (Å²) in [5.41, 5.74) is 2.51. The minimum absolute atomic E-state index is 0.0364. The van der Waals surface area contributed by atoms with Crippen molar-refractivity contribution in [1.29, 1.82) is 0 Å². The largest absolute Gasteiger partial charge is 0.338 e. The molecule has 0 saturated carbocycles. The van der Waals surface area contributed by atoms with Crippen molar-refractivity contribution in [2.24, 2.45) is 0 Å². The van der Waals surface area contributed by atoms with E-state index in [2.05, 4.69) is 5.32 Å². The monoisotopic (exact) mass is 350 g/mol. The van der Waals surface area contributed by atoms with Crippen molar-refractivity contribution < 1.29 is 14.4 Å². The summed E-state index contributed by atoms with van der Waals surface area (Å²) in [5, 5.41) is 2.69. The first-order chi connectivity index (χ1) is 12.4. The van der Waals surface area contributed by atoms with Crippen molar-refractivity contribution >= 4 is 23.3 Å². The zero-order valence-corrected chi connectivity index (χ0v) is 15.2. The van der Waals surface area contributed by atoms with Gasteiger partial charge in [0.15, 0.2) is 5.78 Å². The van der Waals surface area contributed by atoms with Crippen LogP contribution in [0.25, 0.3) is 0 Å². The highest BCUT2D eigenvalue weighted by molar-refractivity contribution is 6.06. The first-order valence-corrected chi connectivity index (χ1v) is 8.26. The van der Waals surface area contributed by atoms with Crippen LogP contribution in [0.3, 0.4) is 0 Å². The van der Waals surface area contributed by atoms with Crippen LogP contribution in [-0.2, 0) is 16.1 Å². The number of anilines is 1. The third-order valence-corrected chi connectivity index (χ3v) is 3.85. The summed E-state index contributed by atoms with van der Waals surface area (Å²) in [4.78, 5) is 37.3. The molecular formula is C21H22N2O3. The Morgan fingerprint density at radius 3 is 2.15 bits per heavy atom. The van der Waals surface area contributed by atoms with Gasteiger partial charge in [-0.1, -0.05) is 30.3 Å². The first-order valence-electron chi connectivity index (χ1n) is 8.26. The normalized spacial score (nSPS) is 11.0. The second-order valence-electron chi connectivity index (χ2n) is 6.10. The lowest BCUT2D eigenvalue weighted by Gasteiger charge is -2.17. The molecule has 2 rings (SSSR count). The predicted molar refractivity (Wildman–Crippen MR) is 102 cm³/mol. The van der Waals surface area contributed by atoms with Crippen LogP contribution < -0.4 is 5.32 Å². The molecule has 2 aromatic rings. The molecule has 0 fully saturated rings. The molecule has 0 unspecified atom stereocenters. The molecule has 0 spiro atoms. The average molecular weight is 350 g/mol. The van der Waals surface area contributed by atoms with Gasteiger partial charge < -0.3 is 10.2 Å². The van der Waals surface area contributed by atoms with Crippen molar-refractivity contribution in [3.63, 3.8) is 0 Å². The van der Waals surface area contributed by atoms with Crippen LogP contribution in [0, 0.1) is 0 Å². The molecule has 0 aliphatic carbocycles. The lowest BCUT2D eigenvalue weighted by atomic mass is 10.1. The molecule has 0 saturated heterocycles. The number of Topliss-reactive ketones (excluding diaryl/α,β-unsaturated/α-hetero) is 1. The number of carbonyl (C=O) groups excluding carboxylic acids is 3. The van der Waals surface area contributed by atoms with E-state index in [1.165, 1.54) is 13.0 Å². The summed E-state index contributed by atoms with van der Waals surface area (Å²) < 4.78 is 0. The van der Waals surface area contributed by atoms with Crippen molar-refractivity contribution in [3.8, 4) is 0 Å². The maximum atomic E-state index is 12.4. The van der Waals surface area contributed by atoms with E-state index in [0.29, 0.717) is 23.4 Å². The summed E-state index contributed by atoms with van der Waals surface area (Å²) >= 11 is 0. The quantitative estimate of drug-likeness (QED) is 0.641. The molecule has 0 radical (unpaired) electrons. The lowest BCUT2D eigenvalue weighted by molar-refractivity contribution is -0.126. The van der Waals surface area contributed by atoms with Gasteiger partial charge in [-0.15, -0.1) is 0 Å². The minimum atomic E-state index is -0.389. The number of likely N-dealkylation sites (N-methyl/N-ethyl adjacent to an activating group) is 1. The van der Waals surface area contributed by atoms with Crippen LogP contribution in [0.5, 0.6) is 0 Å². The van der Waals surface area contributed by atoms with Gasteiger partial charge in [-0.2, -0.15) is 0 Å². The number of rotatable bonds is 6. The Morgan fingerprint density at radius 2 is 1.58 bits per heavy atom. The Labute approximate surface area is 153 Å². The Hall–Kier alpha value is -3.21. The minimum Gasteiger partial charge on any atom is -0.338 e. The van der Waals surface area contributed by atoms with Crippen molar-refractivity contribution in [2.45, 2.75) is 20.4 Å². The topological polar surface area (TPSA) is 66.5 Å². The van der Waals surface area contributed by atoms with Gasteiger partial charge in [0.25, 0.3) is 0 Å². The molecule has 2 amide bonds. The summed E-state index contributed by atoms with van der Waals surface area (Å²) in [6.07, 6.45) is 1.28. The Bertz CT molecular complexity index is 824. The van der Waals surface area contributed by atoms with Gasteiger partial charge in [-0.25, -0.2) is 0 Å². The van der Waals surface area contributed by atoms with E-state index in [0.717, 1.165) is 5.56 Å². The average Bonchev–Trinajstić information content (AvgIpc) is 2.62. The molecule has 1 N–H and O–H groups in total. The van der Waals surface area contributed by atoms with Crippen LogP contribution in [0.1, 0.15) is 29.8 Å². The lowest BCUT2D eigenvalue weighted by Crippen LogP contribution is -2.27. The van der Waals surface area contributed by atoms with Crippen molar-refractivity contribution in [3.05, 3.63) is 77.4 Å². The van der Waals surface area contributed by atoms with Gasteiger partial charge in [-0.05, 0) is 43.7 Å². The smallest absolute Gasteiger partial charge is 0.249 e. The molecule has 0 bridgehead atoms. The second-order valence-corrected chi connectivity index (χ2v) is 6.10. The summed E-state index contributed by atoms with van der Waals surface area (Å²) in [6.45, 7) is 3.57. The Balaban J connectivity index is 1.97. The zero-order chi connectivity index (χ0) is 19.1. The van der Waals surface area contributed by atoms with Crippen LogP contribution >= 0.6 is 0 Å². The van der Waals surface area contributed by atoms with Crippen LogP contribution in [0.4, 0.5) is 5.69 Å². The second kappa shape index (κ2) is 8.76. The molecule has 0 aliphatic heterocycles. The van der Waals surface area contributed by atoms with Gasteiger partial charge in [0.05, 0.1) is 0 Å². The fourth-order valence-electron chi connectivity index (χ4n) is 2.46. The predicted octanol–water partition coefficient (Wildman–Crippen LogP) is 3.43. The molecule has 0 atom stereocenters. The Kier molecular flexibility index (Phi) is 6.44. The summed E-state index contributed by atoms with van der Waals surface area (Å²) in [7, 11) is 1.70.